The van der Waals surface area contributed by atoms with E-state index in [0.29, 0.717) is 17.2 Å². The maximum absolute atomic E-state index is 13.6. The highest BCUT2D eigenvalue weighted by Gasteiger charge is 2.37. The maximum atomic E-state index is 13.6. The lowest BCUT2D eigenvalue weighted by molar-refractivity contribution is 0.0595. The van der Waals surface area contributed by atoms with Crippen molar-refractivity contribution in [2.24, 2.45) is 0 Å². The molecule has 0 aliphatic rings. The zero-order valence-corrected chi connectivity index (χ0v) is 19.6. The van der Waals surface area contributed by atoms with Gasteiger partial charge in [-0.1, -0.05) is 91.0 Å². The molecule has 0 unspecified atom stereocenters. The van der Waals surface area contributed by atoms with Gasteiger partial charge < -0.3 is 15.0 Å². The minimum atomic E-state index is -0.838. The van der Waals surface area contributed by atoms with E-state index in [4.69, 9.17) is 9.72 Å². The lowest BCUT2D eigenvalue weighted by atomic mass is 9.77. The fourth-order valence-electron chi connectivity index (χ4n) is 4.46. The third-order valence-corrected chi connectivity index (χ3v) is 6.14. The summed E-state index contributed by atoms with van der Waals surface area (Å²) in [5.41, 5.74) is 3.26. The van der Waals surface area contributed by atoms with Crippen LogP contribution < -0.4 is 5.32 Å². The number of anilines is 1. The smallest absolute Gasteiger partial charge is 0.356 e. The topological polar surface area (TPSA) is 67.0 Å². The van der Waals surface area contributed by atoms with E-state index in [2.05, 4.69) is 46.7 Å². The molecule has 1 heterocycles. The second kappa shape index (κ2) is 9.88. The Kier molecular flexibility index (Phi) is 6.33. The number of halogens is 1. The van der Waals surface area contributed by atoms with Gasteiger partial charge in [-0.15, -0.1) is 0 Å². The fourth-order valence-corrected chi connectivity index (χ4v) is 4.46. The fraction of sp³-hybridized carbons (Fsp3) is 0.0667. The van der Waals surface area contributed by atoms with Gasteiger partial charge in [-0.3, -0.25) is 0 Å². The molecule has 0 fully saturated rings. The van der Waals surface area contributed by atoms with Crippen LogP contribution in [-0.4, -0.2) is 23.0 Å². The molecule has 1 aromatic heterocycles. The normalized spacial score (nSPS) is 11.2. The number of esters is 1. The van der Waals surface area contributed by atoms with Crippen LogP contribution in [0.2, 0.25) is 0 Å². The number of hydrogen-bond donors (Lipinski definition) is 2. The van der Waals surface area contributed by atoms with Crippen molar-refractivity contribution in [1.82, 2.24) is 9.97 Å². The molecule has 0 saturated heterocycles. The molecule has 2 N–H and O–H groups in total. The predicted molar refractivity (Wildman–Crippen MR) is 138 cm³/mol. The molecule has 0 saturated carbocycles. The van der Waals surface area contributed by atoms with Gasteiger partial charge in [-0.25, -0.2) is 14.2 Å². The summed E-state index contributed by atoms with van der Waals surface area (Å²) in [5, 5.41) is 3.61. The van der Waals surface area contributed by atoms with Gasteiger partial charge in [0.25, 0.3) is 0 Å². The van der Waals surface area contributed by atoms with E-state index in [0.717, 1.165) is 16.7 Å². The predicted octanol–water partition coefficient (Wildman–Crippen LogP) is 6.41. The Balaban J connectivity index is 1.73. The van der Waals surface area contributed by atoms with Gasteiger partial charge in [0.1, 0.15) is 17.1 Å². The Morgan fingerprint density at radius 3 is 1.69 bits per heavy atom. The summed E-state index contributed by atoms with van der Waals surface area (Å²) in [4.78, 5) is 20.5. The maximum Gasteiger partial charge on any atom is 0.356 e. The van der Waals surface area contributed by atoms with Crippen LogP contribution in [0.25, 0.3) is 11.3 Å². The monoisotopic (exact) mass is 477 g/mol. The van der Waals surface area contributed by atoms with Crippen LogP contribution in [-0.2, 0) is 10.3 Å². The number of carbonyl (C=O) groups is 1. The molecule has 0 aliphatic carbocycles. The van der Waals surface area contributed by atoms with Gasteiger partial charge in [-0.05, 0) is 41.0 Å². The minimum Gasteiger partial charge on any atom is -0.464 e. The number of ether oxygens (including phenoxy) is 1. The number of aromatic nitrogens is 2. The van der Waals surface area contributed by atoms with Crippen molar-refractivity contribution in [3.63, 3.8) is 0 Å². The molecule has 0 amide bonds. The van der Waals surface area contributed by atoms with Crippen LogP contribution in [0, 0.1) is 5.82 Å². The third kappa shape index (κ3) is 4.25. The first-order chi connectivity index (χ1) is 17.6. The van der Waals surface area contributed by atoms with E-state index in [1.807, 2.05) is 54.6 Å². The van der Waals surface area contributed by atoms with Crippen molar-refractivity contribution >= 4 is 11.9 Å². The van der Waals surface area contributed by atoms with Gasteiger partial charge in [0.2, 0.25) is 5.95 Å². The number of methoxy groups -OCH3 is 1. The summed E-state index contributed by atoms with van der Waals surface area (Å²) in [5.74, 6) is -0.575. The van der Waals surface area contributed by atoms with Crippen molar-refractivity contribution < 1.29 is 13.9 Å². The number of aromatic amines is 1. The highest BCUT2D eigenvalue weighted by Crippen LogP contribution is 2.40. The Morgan fingerprint density at radius 2 is 1.25 bits per heavy atom. The number of imidazole rings is 1. The molecule has 0 spiro atoms. The standard InChI is InChI=1S/C30H24FN3O2/c1-36-28(35)27-26(21-17-19-25(31)20-18-21)32-29(33-27)34-30(22-11-5-2-6-12-22,23-13-7-3-8-14-23)24-15-9-4-10-16-24/h2-20H,1H3,(H2,32,33,34). The summed E-state index contributed by atoms with van der Waals surface area (Å²) < 4.78 is 18.6. The van der Waals surface area contributed by atoms with Gasteiger partial charge in [-0.2, -0.15) is 0 Å². The Bertz CT molecular complexity index is 1350. The minimum absolute atomic E-state index is 0.176. The number of rotatable bonds is 7. The average molecular weight is 478 g/mol. The number of nitrogens with zero attached hydrogens (tertiary/aromatic N) is 1. The molecule has 178 valence electrons. The summed E-state index contributed by atoms with van der Waals surface area (Å²) in [6, 6.07) is 36.0. The quantitative estimate of drug-likeness (QED) is 0.210. The van der Waals surface area contributed by atoms with Crippen LogP contribution in [0.4, 0.5) is 10.3 Å². The van der Waals surface area contributed by atoms with Crippen molar-refractivity contribution in [2.75, 3.05) is 12.4 Å². The van der Waals surface area contributed by atoms with Crippen LogP contribution in [0.1, 0.15) is 27.2 Å². The number of carbonyl (C=O) groups excluding carboxylic acids is 1. The van der Waals surface area contributed by atoms with Crippen molar-refractivity contribution in [2.45, 2.75) is 5.54 Å². The molecular formula is C30H24FN3O2. The molecule has 0 atom stereocenters. The van der Waals surface area contributed by atoms with Gasteiger partial charge in [0.05, 0.1) is 7.11 Å². The molecule has 4 aromatic carbocycles. The van der Waals surface area contributed by atoms with E-state index in [9.17, 15) is 9.18 Å². The van der Waals surface area contributed by atoms with E-state index < -0.39 is 11.5 Å². The Labute approximate surface area is 208 Å². The number of hydrogen-bond acceptors (Lipinski definition) is 4. The molecule has 6 heteroatoms. The zero-order chi connectivity index (χ0) is 25.0. The molecule has 5 nitrogen and oxygen atoms in total. The molecule has 5 rings (SSSR count). The summed E-state index contributed by atoms with van der Waals surface area (Å²) >= 11 is 0. The highest BCUT2D eigenvalue weighted by molar-refractivity contribution is 5.95. The second-order valence-corrected chi connectivity index (χ2v) is 8.28. The highest BCUT2D eigenvalue weighted by atomic mass is 19.1. The molecule has 0 bridgehead atoms. The Hall–Kier alpha value is -4.71. The van der Waals surface area contributed by atoms with Crippen LogP contribution in [0.15, 0.2) is 115 Å². The van der Waals surface area contributed by atoms with E-state index in [1.165, 1.54) is 19.2 Å². The summed E-state index contributed by atoms with van der Waals surface area (Å²) in [6.07, 6.45) is 0. The second-order valence-electron chi connectivity index (χ2n) is 8.28. The van der Waals surface area contributed by atoms with Crippen LogP contribution in [0.5, 0.6) is 0 Å². The molecule has 36 heavy (non-hydrogen) atoms. The first-order valence-electron chi connectivity index (χ1n) is 11.5. The van der Waals surface area contributed by atoms with Crippen molar-refractivity contribution in [1.29, 1.82) is 0 Å². The lowest BCUT2D eigenvalue weighted by Crippen LogP contribution is -2.38. The van der Waals surface area contributed by atoms with E-state index >= 15 is 0 Å². The molecule has 0 radical (unpaired) electrons. The first kappa shape index (κ1) is 23.1. The van der Waals surface area contributed by atoms with Crippen LogP contribution in [0.3, 0.4) is 0 Å². The summed E-state index contributed by atoms with van der Waals surface area (Å²) in [6.45, 7) is 0. The average Bonchev–Trinajstić information content (AvgIpc) is 3.37. The van der Waals surface area contributed by atoms with Gasteiger partial charge in [0, 0.05) is 5.56 Å². The van der Waals surface area contributed by atoms with E-state index in [-0.39, 0.29) is 11.5 Å². The largest absolute Gasteiger partial charge is 0.464 e. The first-order valence-corrected chi connectivity index (χ1v) is 11.5. The molecule has 5 aromatic rings. The van der Waals surface area contributed by atoms with Crippen LogP contribution >= 0.6 is 0 Å². The Morgan fingerprint density at radius 1 is 0.778 bits per heavy atom. The number of nitrogens with one attached hydrogen (secondary N) is 2. The third-order valence-electron chi connectivity index (χ3n) is 6.14. The van der Waals surface area contributed by atoms with E-state index in [1.54, 1.807) is 12.1 Å². The van der Waals surface area contributed by atoms with Crippen molar-refractivity contribution in [3.05, 3.63) is 143 Å². The molecular weight excluding hydrogens is 453 g/mol. The SMILES string of the molecule is COC(=O)c1[nH]c(NC(c2ccccc2)(c2ccccc2)c2ccccc2)nc1-c1ccc(F)cc1. The number of benzene rings is 4. The number of H-pyrrole nitrogens is 1. The van der Waals surface area contributed by atoms with Gasteiger partial charge in [0.15, 0.2) is 5.69 Å². The van der Waals surface area contributed by atoms with Crippen molar-refractivity contribution in [3.8, 4) is 11.3 Å². The summed E-state index contributed by atoms with van der Waals surface area (Å²) in [7, 11) is 1.31. The lowest BCUT2D eigenvalue weighted by Gasteiger charge is -2.36. The van der Waals surface area contributed by atoms with Gasteiger partial charge >= 0.3 is 5.97 Å². The zero-order valence-electron chi connectivity index (χ0n) is 19.6. The molecule has 0 aliphatic heterocycles.